The molecular weight excluding hydrogens is 230 g/mol. The molecule has 1 amide bonds. The summed E-state index contributed by atoms with van der Waals surface area (Å²) in [5, 5.41) is 11.8. The fraction of sp³-hybridized carbons (Fsp3) is 0.429. The highest BCUT2D eigenvalue weighted by molar-refractivity contribution is 6.00. The van der Waals surface area contributed by atoms with Crippen molar-refractivity contribution in [2.24, 2.45) is 0 Å². The molecule has 1 rings (SSSR count). The normalized spacial score (nSPS) is 10.1. The smallest absolute Gasteiger partial charge is 0.337 e. The van der Waals surface area contributed by atoms with E-state index in [9.17, 15) is 9.59 Å². The SMILES string of the molecule is CCCCCc1cccc(C(=O)O)c1NC(C)=O. The van der Waals surface area contributed by atoms with Crippen LogP contribution in [-0.4, -0.2) is 17.0 Å². The number of rotatable bonds is 6. The van der Waals surface area contributed by atoms with E-state index in [1.165, 1.54) is 13.0 Å². The van der Waals surface area contributed by atoms with Crippen molar-refractivity contribution in [2.45, 2.75) is 39.5 Å². The van der Waals surface area contributed by atoms with Gasteiger partial charge in [-0.15, -0.1) is 0 Å². The van der Waals surface area contributed by atoms with Gasteiger partial charge in [0.15, 0.2) is 0 Å². The number of hydrogen-bond donors (Lipinski definition) is 2. The van der Waals surface area contributed by atoms with E-state index in [1.54, 1.807) is 6.07 Å². The van der Waals surface area contributed by atoms with Crippen LogP contribution in [0.3, 0.4) is 0 Å². The van der Waals surface area contributed by atoms with Gasteiger partial charge in [-0.1, -0.05) is 31.9 Å². The number of hydrogen-bond acceptors (Lipinski definition) is 2. The number of carboxylic acids is 1. The second kappa shape index (κ2) is 6.79. The molecule has 0 aromatic heterocycles. The summed E-state index contributed by atoms with van der Waals surface area (Å²) in [7, 11) is 0. The fourth-order valence-electron chi connectivity index (χ4n) is 1.88. The number of nitrogens with one attached hydrogen (secondary N) is 1. The molecule has 0 fully saturated rings. The molecule has 0 saturated carbocycles. The first kappa shape index (κ1) is 14.2. The zero-order valence-corrected chi connectivity index (χ0v) is 10.8. The first-order chi connectivity index (χ1) is 8.56. The van der Waals surface area contributed by atoms with E-state index < -0.39 is 5.97 Å². The highest BCUT2D eigenvalue weighted by atomic mass is 16.4. The van der Waals surface area contributed by atoms with Gasteiger partial charge in [0.25, 0.3) is 0 Å². The maximum atomic E-state index is 11.2. The molecule has 0 radical (unpaired) electrons. The Bertz CT molecular complexity index is 441. The van der Waals surface area contributed by atoms with Crippen LogP contribution in [0.2, 0.25) is 0 Å². The molecule has 1 aromatic rings. The van der Waals surface area contributed by atoms with Crippen LogP contribution >= 0.6 is 0 Å². The van der Waals surface area contributed by atoms with Crippen LogP contribution in [0.5, 0.6) is 0 Å². The number of carboxylic acid groups (broad SMARTS) is 1. The van der Waals surface area contributed by atoms with E-state index in [0.717, 1.165) is 31.2 Å². The largest absolute Gasteiger partial charge is 0.478 e. The van der Waals surface area contributed by atoms with Gasteiger partial charge in [-0.3, -0.25) is 4.79 Å². The minimum absolute atomic E-state index is 0.152. The van der Waals surface area contributed by atoms with Gasteiger partial charge in [-0.25, -0.2) is 4.79 Å². The third-order valence-electron chi connectivity index (χ3n) is 2.73. The predicted octanol–water partition coefficient (Wildman–Crippen LogP) is 3.08. The Kier molecular flexibility index (Phi) is 5.36. The molecule has 4 heteroatoms. The molecule has 0 heterocycles. The van der Waals surface area contributed by atoms with E-state index >= 15 is 0 Å². The van der Waals surface area contributed by atoms with E-state index in [4.69, 9.17) is 5.11 Å². The Hall–Kier alpha value is -1.84. The lowest BCUT2D eigenvalue weighted by atomic mass is 10.0. The van der Waals surface area contributed by atoms with Gasteiger partial charge in [-0.2, -0.15) is 0 Å². The van der Waals surface area contributed by atoms with Crippen molar-refractivity contribution in [1.29, 1.82) is 0 Å². The summed E-state index contributed by atoms with van der Waals surface area (Å²) >= 11 is 0. The summed E-state index contributed by atoms with van der Waals surface area (Å²) in [6.07, 6.45) is 3.97. The quantitative estimate of drug-likeness (QED) is 0.761. The van der Waals surface area contributed by atoms with Crippen LogP contribution in [-0.2, 0) is 11.2 Å². The molecule has 0 atom stereocenters. The lowest BCUT2D eigenvalue weighted by Crippen LogP contribution is -2.13. The zero-order chi connectivity index (χ0) is 13.5. The average Bonchev–Trinajstić information content (AvgIpc) is 2.30. The van der Waals surface area contributed by atoms with Gasteiger partial charge < -0.3 is 10.4 Å². The van der Waals surface area contributed by atoms with Crippen molar-refractivity contribution < 1.29 is 14.7 Å². The van der Waals surface area contributed by atoms with Crippen LogP contribution in [0.4, 0.5) is 5.69 Å². The van der Waals surface area contributed by atoms with Gasteiger partial charge >= 0.3 is 5.97 Å². The predicted molar refractivity (Wildman–Crippen MR) is 70.9 cm³/mol. The average molecular weight is 249 g/mol. The summed E-state index contributed by atoms with van der Waals surface area (Å²) in [4.78, 5) is 22.3. The minimum atomic E-state index is -1.02. The highest BCUT2D eigenvalue weighted by Gasteiger charge is 2.14. The first-order valence-corrected chi connectivity index (χ1v) is 6.19. The molecule has 0 aliphatic rings. The Morgan fingerprint density at radius 1 is 1.28 bits per heavy atom. The molecular formula is C14H19NO3. The molecule has 0 aliphatic carbocycles. The minimum Gasteiger partial charge on any atom is -0.478 e. The second-order valence-electron chi connectivity index (χ2n) is 4.28. The van der Waals surface area contributed by atoms with Crippen LogP contribution in [0.25, 0.3) is 0 Å². The van der Waals surface area contributed by atoms with Crippen molar-refractivity contribution in [3.8, 4) is 0 Å². The number of anilines is 1. The Morgan fingerprint density at radius 2 is 2.00 bits per heavy atom. The zero-order valence-electron chi connectivity index (χ0n) is 10.8. The summed E-state index contributed by atoms with van der Waals surface area (Å²) in [6, 6.07) is 5.10. The molecule has 0 unspecified atom stereocenters. The van der Waals surface area contributed by atoms with Crippen LogP contribution in [0.15, 0.2) is 18.2 Å². The van der Waals surface area contributed by atoms with Crippen LogP contribution in [0, 0.1) is 0 Å². The first-order valence-electron chi connectivity index (χ1n) is 6.19. The van der Waals surface area contributed by atoms with Crippen molar-refractivity contribution in [3.63, 3.8) is 0 Å². The molecule has 0 saturated heterocycles. The van der Waals surface area contributed by atoms with E-state index in [0.29, 0.717) is 5.69 Å². The topological polar surface area (TPSA) is 66.4 Å². The summed E-state index contributed by atoms with van der Waals surface area (Å²) in [6.45, 7) is 3.50. The number of carbonyl (C=O) groups excluding carboxylic acids is 1. The molecule has 2 N–H and O–H groups in total. The molecule has 0 bridgehead atoms. The van der Waals surface area contributed by atoms with Gasteiger partial charge in [0.05, 0.1) is 11.3 Å². The van der Waals surface area contributed by atoms with Crippen molar-refractivity contribution in [1.82, 2.24) is 0 Å². The molecule has 0 spiro atoms. The highest BCUT2D eigenvalue weighted by Crippen LogP contribution is 2.23. The number of benzene rings is 1. The lowest BCUT2D eigenvalue weighted by molar-refractivity contribution is -0.114. The third kappa shape index (κ3) is 3.87. The lowest BCUT2D eigenvalue weighted by Gasteiger charge is -2.12. The standard InChI is InChI=1S/C14H19NO3/c1-3-4-5-7-11-8-6-9-12(14(17)18)13(11)15-10(2)16/h6,8-9H,3-5,7H2,1-2H3,(H,15,16)(H,17,18). The van der Waals surface area contributed by atoms with Gasteiger partial charge in [0, 0.05) is 6.92 Å². The number of para-hydroxylation sites is 1. The second-order valence-corrected chi connectivity index (χ2v) is 4.28. The third-order valence-corrected chi connectivity index (χ3v) is 2.73. The van der Waals surface area contributed by atoms with E-state index in [1.807, 2.05) is 6.07 Å². The van der Waals surface area contributed by atoms with Crippen LogP contribution in [0.1, 0.15) is 49.0 Å². The van der Waals surface area contributed by atoms with Crippen LogP contribution < -0.4 is 5.32 Å². The summed E-state index contributed by atoms with van der Waals surface area (Å²) in [5.74, 6) is -1.27. The fourth-order valence-corrected chi connectivity index (χ4v) is 1.88. The Balaban J connectivity index is 3.03. The molecule has 98 valence electrons. The molecule has 18 heavy (non-hydrogen) atoms. The summed E-state index contributed by atoms with van der Waals surface area (Å²) < 4.78 is 0. The van der Waals surface area contributed by atoms with Gasteiger partial charge in [-0.05, 0) is 24.5 Å². The van der Waals surface area contributed by atoms with Crippen molar-refractivity contribution in [2.75, 3.05) is 5.32 Å². The Morgan fingerprint density at radius 3 is 2.56 bits per heavy atom. The maximum Gasteiger partial charge on any atom is 0.337 e. The summed E-state index contributed by atoms with van der Waals surface area (Å²) in [5.41, 5.74) is 1.48. The van der Waals surface area contributed by atoms with E-state index in [2.05, 4.69) is 12.2 Å². The molecule has 4 nitrogen and oxygen atoms in total. The maximum absolute atomic E-state index is 11.2. The number of carbonyl (C=O) groups is 2. The van der Waals surface area contributed by atoms with Crippen molar-refractivity contribution in [3.05, 3.63) is 29.3 Å². The molecule has 1 aromatic carbocycles. The van der Waals surface area contributed by atoms with E-state index in [-0.39, 0.29) is 11.5 Å². The van der Waals surface area contributed by atoms with Gasteiger partial charge in [0.2, 0.25) is 5.91 Å². The Labute approximate surface area is 107 Å². The number of aryl methyl sites for hydroxylation is 1. The monoisotopic (exact) mass is 249 g/mol. The number of unbranched alkanes of at least 4 members (excludes halogenated alkanes) is 2. The molecule has 0 aliphatic heterocycles. The number of aromatic carboxylic acids is 1. The number of amides is 1. The van der Waals surface area contributed by atoms with Gasteiger partial charge in [0.1, 0.15) is 0 Å². The van der Waals surface area contributed by atoms with Crippen molar-refractivity contribution >= 4 is 17.6 Å².